The Labute approximate surface area is 385 Å². The molecule has 3 aromatic rings. The van der Waals surface area contributed by atoms with Crippen LogP contribution in [0.5, 0.6) is 17.4 Å². The van der Waals surface area contributed by atoms with Crippen LogP contribution in [0.3, 0.4) is 0 Å². The maximum absolute atomic E-state index is 15.4. The van der Waals surface area contributed by atoms with E-state index in [1.165, 1.54) is 29.0 Å². The molecule has 3 aliphatic carbocycles. The van der Waals surface area contributed by atoms with Crippen LogP contribution in [0.1, 0.15) is 99.3 Å². The lowest BCUT2D eigenvalue weighted by atomic mass is 9.86. The molecule has 0 unspecified atom stereocenters. The lowest BCUT2D eigenvalue weighted by Gasteiger charge is -2.38. The smallest absolute Gasteiger partial charge is 0.408 e. The zero-order chi connectivity index (χ0) is 47.5. The van der Waals surface area contributed by atoms with Gasteiger partial charge in [0.25, 0.3) is 5.91 Å². The molecule has 7 atom stereocenters. The van der Waals surface area contributed by atoms with E-state index in [0.717, 1.165) is 12.8 Å². The minimum atomic E-state index is -4.07. The summed E-state index contributed by atoms with van der Waals surface area (Å²) in [5, 5.41) is 14.9. The Morgan fingerprint density at radius 3 is 2.45 bits per heavy atom. The van der Waals surface area contributed by atoms with Crippen molar-refractivity contribution in [2.75, 3.05) is 20.2 Å². The van der Waals surface area contributed by atoms with Gasteiger partial charge in [-0.05, 0) is 137 Å². The van der Waals surface area contributed by atoms with Crippen LogP contribution in [0.2, 0.25) is 0 Å². The second-order valence-electron chi connectivity index (χ2n) is 20.3. The minimum Gasteiger partial charge on any atom is -0.497 e. The van der Waals surface area contributed by atoms with Crippen molar-refractivity contribution in [1.82, 2.24) is 24.8 Å². The first-order chi connectivity index (χ1) is 31.1. The number of sulfonamides is 1. The molecule has 3 saturated carbocycles. The molecule has 3 N–H and O–H groups in total. The third kappa shape index (κ3) is 9.54. The fourth-order valence-corrected chi connectivity index (χ4v) is 10.9. The van der Waals surface area contributed by atoms with Crippen molar-refractivity contribution in [3.8, 4) is 28.6 Å². The molecule has 1 aromatic heterocycles. The number of rotatable bonds is 12. The van der Waals surface area contributed by atoms with Crippen LogP contribution in [-0.2, 0) is 24.4 Å². The number of carbonyl (C=O) groups is 4. The minimum absolute atomic E-state index is 0.0755. The topological polar surface area (TPSA) is 194 Å². The van der Waals surface area contributed by atoms with Gasteiger partial charge < -0.3 is 29.5 Å². The summed E-state index contributed by atoms with van der Waals surface area (Å²) in [4.78, 5) is 65.1. The van der Waals surface area contributed by atoms with E-state index in [1.807, 2.05) is 26.0 Å². The number of aromatic nitrogens is 1. The van der Waals surface area contributed by atoms with E-state index < -0.39 is 80.0 Å². The fourth-order valence-electron chi connectivity index (χ4n) is 9.62. The van der Waals surface area contributed by atoms with Crippen molar-refractivity contribution in [2.24, 2.45) is 23.2 Å². The summed E-state index contributed by atoms with van der Waals surface area (Å²) < 4.78 is 61.2. The number of carboxylic acid groups (broad SMARTS) is 1. The summed E-state index contributed by atoms with van der Waals surface area (Å²) in [6.45, 7) is 11.1. The molecular formula is C49H62FN5O10S. The number of halogens is 1. The van der Waals surface area contributed by atoms with E-state index in [1.54, 1.807) is 51.1 Å². The third-order valence-corrected chi connectivity index (χ3v) is 16.5. The number of allylic oxidation sites excluding steroid dienone is 1. The van der Waals surface area contributed by atoms with Gasteiger partial charge in [0, 0.05) is 29.8 Å². The Kier molecular flexibility index (Phi) is 12.6. The molecule has 4 fully saturated rings. The van der Waals surface area contributed by atoms with E-state index in [9.17, 15) is 27.9 Å². The summed E-state index contributed by atoms with van der Waals surface area (Å²) in [7, 11) is -2.53. The van der Waals surface area contributed by atoms with Crippen LogP contribution >= 0.6 is 0 Å². The molecule has 17 heteroatoms. The van der Waals surface area contributed by atoms with Gasteiger partial charge in [0.2, 0.25) is 27.7 Å². The van der Waals surface area contributed by atoms with Crippen LogP contribution < -0.4 is 24.2 Å². The Bertz CT molecular complexity index is 2560. The number of ether oxygens (including phenoxy) is 3. The van der Waals surface area contributed by atoms with Crippen molar-refractivity contribution >= 4 is 44.6 Å². The quantitative estimate of drug-likeness (QED) is 0.155. The number of nitrogens with one attached hydrogen (secondary N) is 2. The van der Waals surface area contributed by atoms with E-state index >= 15 is 9.18 Å². The lowest BCUT2D eigenvalue weighted by molar-refractivity contribution is -0.144. The highest BCUT2D eigenvalue weighted by Gasteiger charge is 2.63. The number of hydrogen-bond donors (Lipinski definition) is 3. The molecule has 5 aliphatic rings. The van der Waals surface area contributed by atoms with Crippen LogP contribution in [0.15, 0.2) is 54.6 Å². The number of amides is 4. The fraction of sp³-hybridized carbons (Fsp3) is 0.571. The Morgan fingerprint density at radius 1 is 1.06 bits per heavy atom. The van der Waals surface area contributed by atoms with Gasteiger partial charge in [0.05, 0.1) is 30.2 Å². The lowest BCUT2D eigenvalue weighted by Crippen LogP contribution is -2.60. The van der Waals surface area contributed by atoms with E-state index in [0.29, 0.717) is 59.9 Å². The van der Waals surface area contributed by atoms with Gasteiger partial charge in [-0.15, -0.1) is 0 Å². The first-order valence-corrected chi connectivity index (χ1v) is 24.6. The monoisotopic (exact) mass is 931 g/mol. The predicted octanol–water partition coefficient (Wildman–Crippen LogP) is 7.22. The molecule has 4 amide bonds. The summed E-state index contributed by atoms with van der Waals surface area (Å²) >= 11 is 0. The molecule has 0 radical (unpaired) electrons. The van der Waals surface area contributed by atoms with Gasteiger partial charge >= 0.3 is 6.09 Å². The summed E-state index contributed by atoms with van der Waals surface area (Å²) in [5.41, 5.74) is -1.10. The number of benzene rings is 2. The molecular weight excluding hydrogens is 870 g/mol. The number of pyridine rings is 1. The summed E-state index contributed by atoms with van der Waals surface area (Å²) in [5.74, 6) is -2.78. The van der Waals surface area contributed by atoms with Crippen LogP contribution in [0, 0.1) is 29.0 Å². The van der Waals surface area contributed by atoms with E-state index in [4.69, 9.17) is 19.2 Å². The van der Waals surface area contributed by atoms with Crippen LogP contribution in [-0.4, -0.2) is 107 Å². The molecule has 2 aromatic carbocycles. The number of fused-ring (bicyclic) bond motifs is 3. The van der Waals surface area contributed by atoms with E-state index in [2.05, 4.69) is 17.0 Å². The molecule has 8 rings (SSSR count). The first-order valence-electron chi connectivity index (χ1n) is 23.1. The van der Waals surface area contributed by atoms with Gasteiger partial charge in [-0.1, -0.05) is 32.9 Å². The van der Waals surface area contributed by atoms with Gasteiger partial charge in [-0.25, -0.2) is 22.6 Å². The summed E-state index contributed by atoms with van der Waals surface area (Å²) in [6.07, 6.45) is 5.81. The first kappa shape index (κ1) is 47.1. The average molecular weight is 932 g/mol. The van der Waals surface area contributed by atoms with Gasteiger partial charge in [-0.2, -0.15) is 0 Å². The Balaban J connectivity index is 1.18. The number of methoxy groups -OCH3 is 1. The van der Waals surface area contributed by atoms with Crippen molar-refractivity contribution in [3.05, 3.63) is 60.4 Å². The van der Waals surface area contributed by atoms with Crippen LogP contribution in [0.25, 0.3) is 22.0 Å². The molecule has 15 nitrogen and oxygen atoms in total. The zero-order valence-electron chi connectivity index (χ0n) is 38.8. The second-order valence-corrected chi connectivity index (χ2v) is 22.5. The number of carbonyl (C=O) groups excluding carboxylic acids is 3. The van der Waals surface area contributed by atoms with Crippen LogP contribution in [0.4, 0.5) is 9.18 Å². The Hall–Kier alpha value is -5.45. The maximum Gasteiger partial charge on any atom is 0.408 e. The molecule has 356 valence electrons. The molecule has 0 spiro atoms. The molecule has 66 heavy (non-hydrogen) atoms. The van der Waals surface area contributed by atoms with E-state index in [-0.39, 0.29) is 55.0 Å². The predicted molar refractivity (Wildman–Crippen MR) is 245 cm³/mol. The van der Waals surface area contributed by atoms with Crippen molar-refractivity contribution < 1.29 is 51.3 Å². The van der Waals surface area contributed by atoms with Crippen molar-refractivity contribution in [3.63, 3.8) is 0 Å². The maximum atomic E-state index is 15.4. The highest BCUT2D eigenvalue weighted by atomic mass is 32.2. The highest BCUT2D eigenvalue weighted by molar-refractivity contribution is 7.91. The van der Waals surface area contributed by atoms with Gasteiger partial charge in [0.15, 0.2) is 11.6 Å². The molecule has 0 bridgehead atoms. The Morgan fingerprint density at radius 2 is 1.80 bits per heavy atom. The third-order valence-electron chi connectivity index (χ3n) is 14.3. The normalized spacial score (nSPS) is 28.0. The summed E-state index contributed by atoms with van der Waals surface area (Å²) in [6, 6.07) is 9.23. The number of hydrogen-bond acceptors (Lipinski definition) is 10. The second kappa shape index (κ2) is 17.6. The van der Waals surface area contributed by atoms with Crippen molar-refractivity contribution in [1.29, 1.82) is 0 Å². The molecule has 1 saturated heterocycles. The SMILES string of the molecule is COc1ccc2c(O[C@@H]3C[C@H]4C(=O)N[C@]5(C(=O)NS(=O)(=O)C6(C)CC6)C[C@H]5C=CCC[C@@H](C)C[C@@H](C)[C@H](N(CC5(C)CC5)C(=O)O)C(=O)N4C3)nc(-c3ccc(OC(C)C)c(F)c3)cc2c1. The molecule has 3 heterocycles. The molecule has 2 aliphatic heterocycles. The number of nitrogens with zero attached hydrogens (tertiary/aromatic N) is 3. The average Bonchev–Trinajstić information content (AvgIpc) is 4.22. The van der Waals surface area contributed by atoms with Crippen molar-refractivity contribution in [2.45, 2.75) is 134 Å². The standard InChI is InChI=1S/C49H62FN5O10S/c1-28(2)64-40-15-12-31(22-37(40)50)38-23-32-21-34(63-7)13-14-36(32)43(51-38)65-35-24-39-42(56)52-49(45(58)53-66(61,62)48(6)18-19-48)25-33(49)11-9-8-10-29(3)20-30(4)41(44(57)54(39)26-35)55(46(59)60)27-47(5)16-17-47/h9,11-15,21-23,28-30,33,35,39,41H,8,10,16-20,24-27H2,1-7H3,(H,52,56)(H,53,58)(H,59,60)/t29-,30-,33-,35-,39+,41+,49-/m1/s1. The zero-order valence-corrected chi connectivity index (χ0v) is 39.6. The van der Waals surface area contributed by atoms with Gasteiger partial charge in [-0.3, -0.25) is 24.0 Å². The largest absolute Gasteiger partial charge is 0.497 e. The highest BCUT2D eigenvalue weighted by Crippen LogP contribution is 2.49. The van der Waals surface area contributed by atoms with Gasteiger partial charge in [0.1, 0.15) is 29.5 Å².